The van der Waals surface area contributed by atoms with Crippen molar-refractivity contribution < 1.29 is 17.2 Å². The molecule has 1 aliphatic rings. The predicted molar refractivity (Wildman–Crippen MR) is 70.9 cm³/mol. The Morgan fingerprint density at radius 1 is 1.40 bits per heavy atom. The molecule has 1 aromatic heterocycles. The smallest absolute Gasteiger partial charge is 0.201 e. The molecule has 1 unspecified atom stereocenters. The highest BCUT2D eigenvalue weighted by atomic mass is 32.2. The van der Waals surface area contributed by atoms with Gasteiger partial charge in [-0.2, -0.15) is 0 Å². The molecule has 0 aliphatic carbocycles. The lowest BCUT2D eigenvalue weighted by Crippen LogP contribution is -2.23. The molecular weight excluding hydrogens is 288 g/mol. The van der Waals surface area contributed by atoms with E-state index in [1.54, 1.807) is 0 Å². The van der Waals surface area contributed by atoms with Crippen LogP contribution in [0.5, 0.6) is 0 Å². The van der Waals surface area contributed by atoms with Crippen molar-refractivity contribution in [2.24, 2.45) is 0 Å². The normalized spacial score (nSPS) is 21.6. The van der Waals surface area contributed by atoms with Crippen LogP contribution < -0.4 is 5.73 Å². The van der Waals surface area contributed by atoms with E-state index in [9.17, 15) is 17.2 Å². The molecule has 0 amide bonds. The van der Waals surface area contributed by atoms with Crippen LogP contribution in [0.3, 0.4) is 0 Å². The third-order valence-corrected chi connectivity index (χ3v) is 5.94. The van der Waals surface area contributed by atoms with Gasteiger partial charge in [-0.25, -0.2) is 22.2 Å². The molecule has 0 spiro atoms. The first-order valence-electron chi connectivity index (χ1n) is 6.21. The highest BCUT2D eigenvalue weighted by Gasteiger charge is 2.32. The summed E-state index contributed by atoms with van der Waals surface area (Å²) >= 11 is 0. The quantitative estimate of drug-likeness (QED) is 0.911. The van der Waals surface area contributed by atoms with Crippen molar-refractivity contribution >= 4 is 26.8 Å². The van der Waals surface area contributed by atoms with Crippen molar-refractivity contribution in [3.63, 3.8) is 0 Å². The Labute approximate surface area is 114 Å². The number of nitrogens with two attached hydrogens (primary N) is 1. The van der Waals surface area contributed by atoms with Gasteiger partial charge in [0.2, 0.25) is 5.95 Å². The van der Waals surface area contributed by atoms with Gasteiger partial charge in [-0.05, 0) is 25.0 Å². The molecule has 3 rings (SSSR count). The van der Waals surface area contributed by atoms with Crippen LogP contribution in [0.25, 0.3) is 11.0 Å². The zero-order valence-electron chi connectivity index (χ0n) is 10.5. The van der Waals surface area contributed by atoms with Crippen LogP contribution in [0, 0.1) is 11.6 Å². The van der Waals surface area contributed by atoms with Crippen molar-refractivity contribution in [3.8, 4) is 0 Å². The van der Waals surface area contributed by atoms with Gasteiger partial charge in [-0.1, -0.05) is 0 Å². The van der Waals surface area contributed by atoms with Crippen LogP contribution in [0.1, 0.15) is 12.8 Å². The summed E-state index contributed by atoms with van der Waals surface area (Å²) in [6.07, 6.45) is 1.08. The number of nitrogen functional groups attached to an aromatic ring is 1. The predicted octanol–water partition coefficient (Wildman–Crippen LogP) is 1.47. The first-order valence-corrected chi connectivity index (χ1v) is 7.93. The third-order valence-electron chi connectivity index (χ3n) is 3.68. The molecule has 2 N–H and O–H groups in total. The SMILES string of the molecule is Nc1nc2ccc(F)c(F)c2n1CC1CCCS1(=O)=O. The van der Waals surface area contributed by atoms with Crippen molar-refractivity contribution in [1.82, 2.24) is 9.55 Å². The summed E-state index contributed by atoms with van der Waals surface area (Å²) in [6, 6.07) is 2.30. The highest BCUT2D eigenvalue weighted by Crippen LogP contribution is 2.27. The largest absolute Gasteiger partial charge is 0.369 e. The summed E-state index contributed by atoms with van der Waals surface area (Å²) in [5.41, 5.74) is 5.85. The fourth-order valence-corrected chi connectivity index (χ4v) is 4.43. The molecule has 0 bridgehead atoms. The van der Waals surface area contributed by atoms with E-state index < -0.39 is 26.7 Å². The molecule has 0 saturated carbocycles. The minimum atomic E-state index is -3.19. The van der Waals surface area contributed by atoms with Gasteiger partial charge in [0.25, 0.3) is 0 Å². The number of anilines is 1. The molecule has 1 atom stereocenters. The van der Waals surface area contributed by atoms with Crippen LogP contribution in [-0.2, 0) is 16.4 Å². The standard InChI is InChI=1S/C12H13F2N3O2S/c13-8-3-4-9-11(10(8)14)17(12(15)16-9)6-7-2-1-5-20(7,18)19/h3-4,7H,1-2,5-6H2,(H2,15,16). The Morgan fingerprint density at radius 3 is 2.80 bits per heavy atom. The second-order valence-corrected chi connectivity index (χ2v) is 7.34. The molecule has 108 valence electrons. The number of hydrogen-bond donors (Lipinski definition) is 1. The monoisotopic (exact) mass is 301 g/mol. The number of halogens is 2. The molecule has 1 saturated heterocycles. The molecule has 2 heterocycles. The lowest BCUT2D eigenvalue weighted by molar-refractivity contribution is 0.509. The van der Waals surface area contributed by atoms with Gasteiger partial charge in [-0.15, -0.1) is 0 Å². The Morgan fingerprint density at radius 2 is 2.15 bits per heavy atom. The molecule has 1 aromatic carbocycles. The zero-order valence-corrected chi connectivity index (χ0v) is 11.3. The van der Waals surface area contributed by atoms with Gasteiger partial charge in [0.05, 0.1) is 16.5 Å². The summed E-state index contributed by atoms with van der Waals surface area (Å²) in [6.45, 7) is 0.00500. The molecule has 5 nitrogen and oxygen atoms in total. The molecule has 1 fully saturated rings. The lowest BCUT2D eigenvalue weighted by Gasteiger charge is -2.12. The van der Waals surface area contributed by atoms with E-state index in [2.05, 4.69) is 4.98 Å². The first-order chi connectivity index (χ1) is 9.40. The van der Waals surface area contributed by atoms with Crippen LogP contribution in [0.4, 0.5) is 14.7 Å². The summed E-state index contributed by atoms with van der Waals surface area (Å²) in [5, 5.41) is -0.620. The Balaban J connectivity index is 2.12. The average Bonchev–Trinajstić information content (AvgIpc) is 2.87. The Kier molecular flexibility index (Phi) is 2.93. The zero-order chi connectivity index (χ0) is 14.5. The van der Waals surface area contributed by atoms with E-state index in [4.69, 9.17) is 5.73 Å². The lowest BCUT2D eigenvalue weighted by atomic mass is 10.2. The molecule has 20 heavy (non-hydrogen) atoms. The van der Waals surface area contributed by atoms with Crippen molar-refractivity contribution in [1.29, 1.82) is 0 Å². The second kappa shape index (κ2) is 4.41. The first kappa shape index (κ1) is 13.3. The van der Waals surface area contributed by atoms with E-state index in [0.717, 1.165) is 6.07 Å². The number of nitrogens with zero attached hydrogens (tertiary/aromatic N) is 2. The maximum absolute atomic E-state index is 13.9. The van der Waals surface area contributed by atoms with Gasteiger partial charge < -0.3 is 10.3 Å². The molecule has 8 heteroatoms. The maximum Gasteiger partial charge on any atom is 0.201 e. The number of imidazole rings is 1. The number of benzene rings is 1. The average molecular weight is 301 g/mol. The number of rotatable bonds is 2. The van der Waals surface area contributed by atoms with Crippen LogP contribution in [0.2, 0.25) is 0 Å². The van der Waals surface area contributed by atoms with Crippen LogP contribution in [0.15, 0.2) is 12.1 Å². The highest BCUT2D eigenvalue weighted by molar-refractivity contribution is 7.92. The van der Waals surface area contributed by atoms with Crippen molar-refractivity contribution in [3.05, 3.63) is 23.8 Å². The summed E-state index contributed by atoms with van der Waals surface area (Å²) in [5.74, 6) is -1.94. The van der Waals surface area contributed by atoms with Gasteiger partial charge in [0.15, 0.2) is 21.5 Å². The summed E-state index contributed by atoms with van der Waals surface area (Å²) in [7, 11) is -3.19. The topological polar surface area (TPSA) is 78.0 Å². The van der Waals surface area contributed by atoms with Gasteiger partial charge in [0.1, 0.15) is 5.52 Å². The fraction of sp³-hybridized carbons (Fsp3) is 0.417. The second-order valence-electron chi connectivity index (χ2n) is 4.94. The van der Waals surface area contributed by atoms with Crippen molar-refractivity contribution in [2.45, 2.75) is 24.6 Å². The molecule has 2 aromatic rings. The molecular formula is C12H13F2N3O2S. The number of fused-ring (bicyclic) bond motifs is 1. The van der Waals surface area contributed by atoms with Gasteiger partial charge >= 0.3 is 0 Å². The minimum absolute atomic E-state index is 0.00500. The Bertz CT molecular complexity index is 786. The van der Waals surface area contributed by atoms with E-state index >= 15 is 0 Å². The van der Waals surface area contributed by atoms with E-state index in [1.807, 2.05) is 0 Å². The van der Waals surface area contributed by atoms with Gasteiger partial charge in [-0.3, -0.25) is 0 Å². The van der Waals surface area contributed by atoms with Crippen LogP contribution >= 0.6 is 0 Å². The molecule has 1 aliphatic heterocycles. The third kappa shape index (κ3) is 1.94. The number of aromatic nitrogens is 2. The van der Waals surface area contributed by atoms with Crippen LogP contribution in [-0.4, -0.2) is 29.0 Å². The molecule has 0 radical (unpaired) electrons. The number of hydrogen-bond acceptors (Lipinski definition) is 4. The summed E-state index contributed by atoms with van der Waals surface area (Å²) in [4.78, 5) is 3.94. The maximum atomic E-state index is 13.9. The van der Waals surface area contributed by atoms with E-state index in [-0.39, 0.29) is 29.3 Å². The number of sulfone groups is 1. The Hall–Kier alpha value is -1.70. The fourth-order valence-electron chi connectivity index (χ4n) is 2.63. The van der Waals surface area contributed by atoms with E-state index in [1.165, 1.54) is 10.6 Å². The summed E-state index contributed by atoms with van der Waals surface area (Å²) < 4.78 is 52.2. The van der Waals surface area contributed by atoms with Gasteiger partial charge in [0, 0.05) is 6.54 Å². The minimum Gasteiger partial charge on any atom is -0.369 e. The van der Waals surface area contributed by atoms with Crippen molar-refractivity contribution in [2.75, 3.05) is 11.5 Å². The van der Waals surface area contributed by atoms with E-state index in [0.29, 0.717) is 12.8 Å².